The van der Waals surface area contributed by atoms with Gasteiger partial charge >= 0.3 is 0 Å². The van der Waals surface area contributed by atoms with Gasteiger partial charge in [0, 0.05) is 42.7 Å². The Hall–Kier alpha value is -2.37. The molecule has 3 fully saturated rings. The van der Waals surface area contributed by atoms with E-state index in [1.807, 2.05) is 37.3 Å². The molecule has 4 aliphatic heterocycles. The van der Waals surface area contributed by atoms with Crippen LogP contribution in [0, 0.1) is 23.7 Å². The second-order valence-electron chi connectivity index (χ2n) is 14.4. The number of hydrogen-bond donors (Lipinski definition) is 2. The lowest BCUT2D eigenvalue weighted by molar-refractivity contribution is -0.141. The van der Waals surface area contributed by atoms with Gasteiger partial charge in [0.1, 0.15) is 24.6 Å². The van der Waals surface area contributed by atoms with E-state index in [1.54, 1.807) is 13.0 Å². The number of carbonyl (C=O) groups excluding carboxylic acids is 1. The number of sulfonamides is 1. The average molecular weight is 686 g/mol. The number of anilines is 1. The molecule has 0 radical (unpaired) electrons. The molecule has 2 saturated heterocycles. The van der Waals surface area contributed by atoms with Crippen LogP contribution in [0.3, 0.4) is 0 Å². The highest BCUT2D eigenvalue weighted by atomic mass is 35.5. The number of nitrogens with one attached hydrogen (secondary N) is 2. The number of nitrogens with zero attached hydrogens (tertiary/aromatic N) is 1. The highest BCUT2D eigenvalue weighted by molar-refractivity contribution is 7.90. The van der Waals surface area contributed by atoms with Crippen molar-refractivity contribution < 1.29 is 27.4 Å². The fourth-order valence-electron chi connectivity index (χ4n) is 8.28. The van der Waals surface area contributed by atoms with Gasteiger partial charge in [0.05, 0.1) is 10.9 Å². The minimum atomic E-state index is -3.90. The van der Waals surface area contributed by atoms with Gasteiger partial charge in [0.15, 0.2) is 6.29 Å². The molecule has 11 heteroatoms. The summed E-state index contributed by atoms with van der Waals surface area (Å²) >= 11 is 6.37. The number of ether oxygens (including phenoxy) is 3. The smallest absolute Gasteiger partial charge is 0.264 e. The molecule has 0 spiro atoms. The lowest BCUT2D eigenvalue weighted by atomic mass is 9.65. The molecule has 256 valence electrons. The van der Waals surface area contributed by atoms with Crippen LogP contribution >= 0.6 is 11.6 Å². The maximum atomic E-state index is 13.5. The molecule has 2 bridgehead atoms. The highest BCUT2D eigenvalue weighted by Gasteiger charge is 2.48. The molecule has 2 N–H and O–H groups in total. The SMILES string of the molecule is C[C@@H]1[C@@H](C)CCC[C@@H](C2O[C@H]3CNC[C@H]3O2)[C@@H]2CC[C@H]2CN2CCCCc3cc(Cl)ccc3COc3ccc(cc32)C(=O)NS1(=O)=O. The summed E-state index contributed by atoms with van der Waals surface area (Å²) in [7, 11) is -3.90. The molecule has 8 atom stereocenters. The van der Waals surface area contributed by atoms with E-state index in [1.165, 1.54) is 5.56 Å². The third kappa shape index (κ3) is 7.04. The van der Waals surface area contributed by atoms with Crippen molar-refractivity contribution in [2.75, 3.05) is 31.1 Å². The predicted molar refractivity (Wildman–Crippen MR) is 182 cm³/mol. The van der Waals surface area contributed by atoms with Gasteiger partial charge in [-0.3, -0.25) is 4.79 Å². The zero-order valence-corrected chi connectivity index (χ0v) is 29.0. The Kier molecular flexibility index (Phi) is 9.77. The van der Waals surface area contributed by atoms with Crippen LogP contribution < -0.4 is 19.7 Å². The van der Waals surface area contributed by atoms with Crippen molar-refractivity contribution >= 4 is 33.2 Å². The summed E-state index contributed by atoms with van der Waals surface area (Å²) in [6.45, 7) is 7.32. The molecule has 1 amide bonds. The molecule has 2 aromatic rings. The Balaban J connectivity index is 1.24. The summed E-state index contributed by atoms with van der Waals surface area (Å²) in [5.74, 6) is 1.10. The number of fused-ring (bicyclic) bond motifs is 4. The van der Waals surface area contributed by atoms with E-state index < -0.39 is 21.2 Å². The molecular formula is C36H48ClN3O6S. The molecule has 2 aromatic carbocycles. The highest BCUT2D eigenvalue weighted by Crippen LogP contribution is 2.47. The Morgan fingerprint density at radius 1 is 0.894 bits per heavy atom. The lowest BCUT2D eigenvalue weighted by Crippen LogP contribution is -2.45. The van der Waals surface area contributed by atoms with Gasteiger partial charge in [-0.05, 0) is 111 Å². The topological polar surface area (TPSA) is 106 Å². The van der Waals surface area contributed by atoms with E-state index in [2.05, 4.69) is 14.9 Å². The minimum absolute atomic E-state index is 0.0963. The van der Waals surface area contributed by atoms with E-state index in [-0.39, 0.29) is 30.3 Å². The summed E-state index contributed by atoms with van der Waals surface area (Å²) < 4.78 is 48.9. The number of rotatable bonds is 1. The summed E-state index contributed by atoms with van der Waals surface area (Å²) in [5, 5.41) is 3.39. The number of carbonyl (C=O) groups is 1. The zero-order valence-electron chi connectivity index (χ0n) is 27.5. The van der Waals surface area contributed by atoms with Crippen LogP contribution in [0.2, 0.25) is 5.02 Å². The molecule has 5 aliphatic rings. The summed E-state index contributed by atoms with van der Waals surface area (Å²) in [4.78, 5) is 15.9. The second kappa shape index (κ2) is 13.9. The molecule has 1 unspecified atom stereocenters. The first kappa shape index (κ1) is 33.1. The summed E-state index contributed by atoms with van der Waals surface area (Å²) in [6, 6.07) is 11.3. The van der Waals surface area contributed by atoms with Crippen molar-refractivity contribution in [3.8, 4) is 5.75 Å². The van der Waals surface area contributed by atoms with Gasteiger partial charge in [-0.1, -0.05) is 31.0 Å². The molecule has 9 nitrogen and oxygen atoms in total. The van der Waals surface area contributed by atoms with Crippen LogP contribution in [-0.4, -0.2) is 64.3 Å². The standard InChI is InChI=1S/C36H48ClN3O6S/c1-22-6-5-8-30(36-45-33-18-38-19-34(33)46-36)29-13-10-26(29)20-40-15-4-3-7-24-16-28(37)12-9-27(24)21-44-32-14-11-25(17-31(32)40)35(41)39-47(42,43)23(22)2/h9,11-12,14,16-17,22-23,26,29-30,33-34,36,38H,3-8,10,13,15,18-21H2,1-2H3,(H,39,41)/t22-,23+,26-,29+,30+,33-,34+,36?/m0/s1. The van der Waals surface area contributed by atoms with Crippen molar-refractivity contribution in [2.24, 2.45) is 23.7 Å². The number of hydrogen-bond acceptors (Lipinski definition) is 8. The quantitative estimate of drug-likeness (QED) is 0.395. The number of aryl methyl sites for hydroxylation is 1. The third-order valence-electron chi connectivity index (χ3n) is 11.5. The Bertz CT molecular complexity index is 1560. The van der Waals surface area contributed by atoms with Gasteiger partial charge in [0.2, 0.25) is 10.0 Å². The first-order valence-corrected chi connectivity index (χ1v) is 19.5. The van der Waals surface area contributed by atoms with Crippen molar-refractivity contribution in [2.45, 2.75) is 95.6 Å². The molecule has 4 heterocycles. The van der Waals surface area contributed by atoms with Gasteiger partial charge in [-0.15, -0.1) is 0 Å². The average Bonchev–Trinajstić information content (AvgIpc) is 3.64. The number of amides is 1. The minimum Gasteiger partial charge on any atom is -0.487 e. The largest absolute Gasteiger partial charge is 0.487 e. The van der Waals surface area contributed by atoms with E-state index in [4.69, 9.17) is 25.8 Å². The number of benzene rings is 2. The molecule has 0 aromatic heterocycles. The van der Waals surface area contributed by atoms with E-state index in [0.717, 1.165) is 93.8 Å². The van der Waals surface area contributed by atoms with Crippen LogP contribution in [-0.2, 0) is 32.5 Å². The fourth-order valence-corrected chi connectivity index (χ4v) is 9.78. The maximum absolute atomic E-state index is 13.5. The Morgan fingerprint density at radius 2 is 1.70 bits per heavy atom. The fraction of sp³-hybridized carbons (Fsp3) is 0.639. The predicted octanol–water partition coefficient (Wildman–Crippen LogP) is 5.69. The molecule has 1 aliphatic carbocycles. The Labute approximate surface area is 284 Å². The molecule has 1 saturated carbocycles. The van der Waals surface area contributed by atoms with E-state index >= 15 is 0 Å². The van der Waals surface area contributed by atoms with Gasteiger partial charge in [-0.2, -0.15) is 0 Å². The van der Waals surface area contributed by atoms with E-state index in [9.17, 15) is 13.2 Å². The van der Waals surface area contributed by atoms with Crippen LogP contribution in [0.15, 0.2) is 36.4 Å². The monoisotopic (exact) mass is 685 g/mol. The lowest BCUT2D eigenvalue weighted by Gasteiger charge is -2.46. The van der Waals surface area contributed by atoms with Gasteiger partial charge in [-0.25, -0.2) is 13.1 Å². The van der Waals surface area contributed by atoms with Gasteiger partial charge in [0.25, 0.3) is 5.91 Å². The maximum Gasteiger partial charge on any atom is 0.264 e. The van der Waals surface area contributed by atoms with Crippen molar-refractivity contribution in [1.29, 1.82) is 0 Å². The van der Waals surface area contributed by atoms with E-state index in [0.29, 0.717) is 29.8 Å². The number of halogens is 1. The first-order valence-electron chi connectivity index (χ1n) is 17.5. The summed E-state index contributed by atoms with van der Waals surface area (Å²) in [6.07, 6.45) is 7.63. The van der Waals surface area contributed by atoms with Gasteiger partial charge < -0.3 is 24.4 Å². The van der Waals surface area contributed by atoms with Crippen LogP contribution in [0.5, 0.6) is 5.75 Å². The van der Waals surface area contributed by atoms with Crippen molar-refractivity contribution in [3.05, 3.63) is 58.1 Å². The van der Waals surface area contributed by atoms with Crippen molar-refractivity contribution in [1.82, 2.24) is 10.0 Å². The van der Waals surface area contributed by atoms with Crippen LogP contribution in [0.4, 0.5) is 5.69 Å². The molecular weight excluding hydrogens is 638 g/mol. The molecule has 7 rings (SSSR count). The molecule has 47 heavy (non-hydrogen) atoms. The van der Waals surface area contributed by atoms with Crippen LogP contribution in [0.1, 0.15) is 80.3 Å². The van der Waals surface area contributed by atoms with Crippen molar-refractivity contribution in [3.63, 3.8) is 0 Å². The van der Waals surface area contributed by atoms with Crippen LogP contribution in [0.25, 0.3) is 0 Å². The third-order valence-corrected chi connectivity index (χ3v) is 13.7. The zero-order chi connectivity index (χ0) is 32.7. The summed E-state index contributed by atoms with van der Waals surface area (Å²) in [5.41, 5.74) is 3.43. The first-order chi connectivity index (χ1) is 22.7. The normalized spacial score (nSPS) is 34.4. The second-order valence-corrected chi connectivity index (χ2v) is 16.9. The Morgan fingerprint density at radius 3 is 2.47 bits per heavy atom.